The molecule has 106 valence electrons. The minimum atomic E-state index is -3.72. The molecule has 20 heavy (non-hydrogen) atoms. The predicted octanol–water partition coefficient (Wildman–Crippen LogP) is 0.560. The highest BCUT2D eigenvalue weighted by Crippen LogP contribution is 2.11. The Labute approximate surface area is 115 Å². The first-order valence-electron chi connectivity index (χ1n) is 5.78. The highest BCUT2D eigenvalue weighted by molar-refractivity contribution is 7.89. The van der Waals surface area contributed by atoms with E-state index in [-0.39, 0.29) is 17.0 Å². The Morgan fingerprint density at radius 2 is 2.20 bits per heavy atom. The van der Waals surface area contributed by atoms with Gasteiger partial charge in [-0.15, -0.1) is 0 Å². The molecule has 0 saturated carbocycles. The van der Waals surface area contributed by atoms with Crippen molar-refractivity contribution in [3.05, 3.63) is 48.5 Å². The van der Waals surface area contributed by atoms with Crippen molar-refractivity contribution in [1.82, 2.24) is 14.3 Å². The zero-order chi connectivity index (χ0) is 14.6. The molecule has 7 nitrogen and oxygen atoms in total. The number of hydrogen-bond acceptors (Lipinski definition) is 4. The molecule has 0 aliphatic carbocycles. The quantitative estimate of drug-likeness (QED) is 0.811. The number of sulfonamides is 1. The summed E-state index contributed by atoms with van der Waals surface area (Å²) in [5, 5.41) is 8.85. The highest BCUT2D eigenvalue weighted by Gasteiger charge is 2.15. The van der Waals surface area contributed by atoms with Crippen molar-refractivity contribution in [3.8, 4) is 0 Å². The van der Waals surface area contributed by atoms with Gasteiger partial charge in [0.25, 0.3) is 0 Å². The number of hydrogen-bond donors (Lipinski definition) is 2. The van der Waals surface area contributed by atoms with Crippen LogP contribution in [0.25, 0.3) is 0 Å². The van der Waals surface area contributed by atoms with Crippen molar-refractivity contribution < 1.29 is 18.3 Å². The number of aromatic nitrogens is 2. The fraction of sp³-hybridized carbons (Fsp3) is 0.167. The second-order valence-corrected chi connectivity index (χ2v) is 5.80. The molecule has 0 fully saturated rings. The molecule has 0 radical (unpaired) electrons. The normalized spacial score (nSPS) is 11.4. The van der Waals surface area contributed by atoms with E-state index < -0.39 is 16.0 Å². The smallest absolute Gasteiger partial charge is 0.335 e. The lowest BCUT2D eigenvalue weighted by Gasteiger charge is -2.07. The molecule has 2 rings (SSSR count). The molecule has 2 N–H and O–H groups in total. The lowest BCUT2D eigenvalue weighted by Crippen LogP contribution is -2.27. The van der Waals surface area contributed by atoms with Crippen molar-refractivity contribution in [2.45, 2.75) is 11.4 Å². The minimum absolute atomic E-state index is 0.0666. The number of carboxylic acids is 1. The number of carboxylic acid groups (broad SMARTS) is 1. The summed E-state index contributed by atoms with van der Waals surface area (Å²) in [7, 11) is -3.72. The molecule has 0 saturated heterocycles. The van der Waals surface area contributed by atoms with Gasteiger partial charge in [-0.2, -0.15) is 0 Å². The Balaban J connectivity index is 2.06. The monoisotopic (exact) mass is 295 g/mol. The first kappa shape index (κ1) is 14.2. The fourth-order valence-electron chi connectivity index (χ4n) is 1.61. The minimum Gasteiger partial charge on any atom is -0.478 e. The Hall–Kier alpha value is -2.19. The largest absolute Gasteiger partial charge is 0.478 e. The van der Waals surface area contributed by atoms with Gasteiger partial charge in [-0.25, -0.2) is 22.9 Å². The lowest BCUT2D eigenvalue weighted by molar-refractivity contribution is 0.0696. The van der Waals surface area contributed by atoms with Crippen LogP contribution in [0.5, 0.6) is 0 Å². The van der Waals surface area contributed by atoms with E-state index in [1.807, 2.05) is 0 Å². The van der Waals surface area contributed by atoms with Crippen LogP contribution in [0.3, 0.4) is 0 Å². The van der Waals surface area contributed by atoms with Gasteiger partial charge in [-0.05, 0) is 18.2 Å². The number of benzene rings is 1. The van der Waals surface area contributed by atoms with Gasteiger partial charge >= 0.3 is 5.97 Å². The van der Waals surface area contributed by atoms with Crippen LogP contribution in [0.15, 0.2) is 47.9 Å². The first-order chi connectivity index (χ1) is 9.49. The van der Waals surface area contributed by atoms with Gasteiger partial charge in [0.1, 0.15) is 0 Å². The molecule has 0 bridgehead atoms. The standard InChI is InChI=1S/C12H13N3O4S/c16-12(17)10-2-1-3-11(8-10)20(18,19)14-5-7-15-6-4-13-9-15/h1-4,6,8-9,14H,5,7H2,(H,16,17). The van der Waals surface area contributed by atoms with Crippen molar-refractivity contribution >= 4 is 16.0 Å². The van der Waals surface area contributed by atoms with Crippen LogP contribution < -0.4 is 4.72 Å². The van der Waals surface area contributed by atoms with Gasteiger partial charge in [-0.3, -0.25) is 0 Å². The van der Waals surface area contributed by atoms with Gasteiger partial charge in [0.2, 0.25) is 10.0 Å². The molecular weight excluding hydrogens is 282 g/mol. The molecule has 0 spiro atoms. The molecule has 8 heteroatoms. The summed E-state index contributed by atoms with van der Waals surface area (Å²) < 4.78 is 28.2. The fourth-order valence-corrected chi connectivity index (χ4v) is 2.67. The van der Waals surface area contributed by atoms with Crippen LogP contribution in [0.1, 0.15) is 10.4 Å². The third kappa shape index (κ3) is 3.43. The van der Waals surface area contributed by atoms with E-state index in [4.69, 9.17) is 5.11 Å². The van der Waals surface area contributed by atoms with Crippen LogP contribution in [0.2, 0.25) is 0 Å². The summed E-state index contributed by atoms with van der Waals surface area (Å²) in [5.41, 5.74) is -0.0671. The second kappa shape index (κ2) is 5.85. The summed E-state index contributed by atoms with van der Waals surface area (Å²) >= 11 is 0. The van der Waals surface area contributed by atoms with Gasteiger partial charge in [0.05, 0.1) is 16.8 Å². The van der Waals surface area contributed by atoms with Crippen molar-refractivity contribution in [1.29, 1.82) is 0 Å². The number of aromatic carboxylic acids is 1. The molecule has 2 aromatic rings. The molecule has 0 atom stereocenters. The van der Waals surface area contributed by atoms with Crippen LogP contribution >= 0.6 is 0 Å². The van der Waals surface area contributed by atoms with Crippen molar-refractivity contribution in [2.24, 2.45) is 0 Å². The van der Waals surface area contributed by atoms with Crippen LogP contribution in [0, 0.1) is 0 Å². The number of nitrogens with zero attached hydrogens (tertiary/aromatic N) is 2. The molecule has 1 aromatic carbocycles. The van der Waals surface area contributed by atoms with E-state index in [0.717, 1.165) is 6.07 Å². The summed E-state index contributed by atoms with van der Waals surface area (Å²) in [5.74, 6) is -1.17. The molecular formula is C12H13N3O4S. The first-order valence-corrected chi connectivity index (χ1v) is 7.26. The van der Waals surface area contributed by atoms with E-state index in [9.17, 15) is 13.2 Å². The van der Waals surface area contributed by atoms with Gasteiger partial charge in [0, 0.05) is 25.5 Å². The molecule has 0 amide bonds. The maximum absolute atomic E-state index is 12.0. The maximum Gasteiger partial charge on any atom is 0.335 e. The van der Waals surface area contributed by atoms with E-state index >= 15 is 0 Å². The predicted molar refractivity (Wildman–Crippen MR) is 70.8 cm³/mol. The number of nitrogens with one attached hydrogen (secondary N) is 1. The van der Waals surface area contributed by atoms with Crippen LogP contribution in [-0.4, -0.2) is 35.6 Å². The van der Waals surface area contributed by atoms with Crippen LogP contribution in [-0.2, 0) is 16.6 Å². The van der Waals surface area contributed by atoms with E-state index in [0.29, 0.717) is 6.54 Å². The SMILES string of the molecule is O=C(O)c1cccc(S(=O)(=O)NCCn2ccnc2)c1. The van der Waals surface area contributed by atoms with E-state index in [2.05, 4.69) is 9.71 Å². The molecule has 1 heterocycles. The molecule has 0 unspecified atom stereocenters. The second-order valence-electron chi connectivity index (χ2n) is 4.03. The zero-order valence-electron chi connectivity index (χ0n) is 10.4. The highest BCUT2D eigenvalue weighted by atomic mass is 32.2. The summed E-state index contributed by atoms with van der Waals surface area (Å²) in [6, 6.07) is 5.22. The van der Waals surface area contributed by atoms with Crippen molar-refractivity contribution in [3.63, 3.8) is 0 Å². The molecule has 0 aliphatic heterocycles. The lowest BCUT2D eigenvalue weighted by atomic mass is 10.2. The summed E-state index contributed by atoms with van der Waals surface area (Å²) in [6.07, 6.45) is 4.91. The van der Waals surface area contributed by atoms with Crippen LogP contribution in [0.4, 0.5) is 0 Å². The van der Waals surface area contributed by atoms with Gasteiger partial charge < -0.3 is 9.67 Å². The van der Waals surface area contributed by atoms with Gasteiger partial charge in [-0.1, -0.05) is 6.07 Å². The Bertz CT molecular complexity index is 695. The average Bonchev–Trinajstić information content (AvgIpc) is 2.92. The zero-order valence-corrected chi connectivity index (χ0v) is 11.2. The Morgan fingerprint density at radius 1 is 1.40 bits per heavy atom. The van der Waals surface area contributed by atoms with Crippen molar-refractivity contribution in [2.75, 3.05) is 6.54 Å². The third-order valence-electron chi connectivity index (χ3n) is 2.61. The summed E-state index contributed by atoms with van der Waals surface area (Å²) in [6.45, 7) is 0.633. The average molecular weight is 295 g/mol. The Kier molecular flexibility index (Phi) is 4.16. The van der Waals surface area contributed by atoms with Gasteiger partial charge in [0.15, 0.2) is 0 Å². The molecule has 1 aromatic heterocycles. The number of rotatable bonds is 6. The van der Waals surface area contributed by atoms with E-state index in [1.54, 1.807) is 23.3 Å². The maximum atomic E-state index is 12.0. The topological polar surface area (TPSA) is 101 Å². The number of imidazole rings is 1. The third-order valence-corrected chi connectivity index (χ3v) is 4.07. The summed E-state index contributed by atoms with van der Waals surface area (Å²) in [4.78, 5) is 14.6. The Morgan fingerprint density at radius 3 is 2.85 bits per heavy atom. The molecule has 0 aliphatic rings. The van der Waals surface area contributed by atoms with E-state index in [1.165, 1.54) is 18.2 Å². The number of carbonyl (C=O) groups is 1.